The van der Waals surface area contributed by atoms with Crippen LogP contribution in [0.5, 0.6) is 0 Å². The maximum atomic E-state index is 11.6. The summed E-state index contributed by atoms with van der Waals surface area (Å²) in [6.07, 6.45) is 0. The SMILES string of the molecule is CCOC(=O)c1ccc(NC(=O)COCCN)c(Br)c1. The first-order valence-corrected chi connectivity index (χ1v) is 6.92. The summed E-state index contributed by atoms with van der Waals surface area (Å²) in [7, 11) is 0. The number of carbonyl (C=O) groups is 2. The van der Waals surface area contributed by atoms with Crippen LogP contribution in [0.3, 0.4) is 0 Å². The molecule has 1 aromatic rings. The van der Waals surface area contributed by atoms with E-state index in [0.717, 1.165) is 0 Å². The molecular formula is C13H17BrN2O4. The monoisotopic (exact) mass is 344 g/mol. The smallest absolute Gasteiger partial charge is 0.338 e. The van der Waals surface area contributed by atoms with Gasteiger partial charge in [0.05, 0.1) is 24.5 Å². The van der Waals surface area contributed by atoms with Crippen molar-refractivity contribution in [1.82, 2.24) is 0 Å². The van der Waals surface area contributed by atoms with Crippen molar-refractivity contribution in [2.75, 3.05) is 31.7 Å². The normalized spacial score (nSPS) is 10.2. The predicted octanol–water partition coefficient (Wildman–Crippen LogP) is 1.54. The Labute approximate surface area is 125 Å². The van der Waals surface area contributed by atoms with Crippen LogP contribution in [0.4, 0.5) is 5.69 Å². The van der Waals surface area contributed by atoms with Crippen LogP contribution in [0.2, 0.25) is 0 Å². The zero-order chi connectivity index (χ0) is 15.0. The molecule has 7 heteroatoms. The van der Waals surface area contributed by atoms with Crippen LogP contribution < -0.4 is 11.1 Å². The summed E-state index contributed by atoms with van der Waals surface area (Å²) in [4.78, 5) is 23.1. The molecule has 1 rings (SSSR count). The molecule has 0 fully saturated rings. The van der Waals surface area contributed by atoms with Crippen molar-refractivity contribution in [3.8, 4) is 0 Å². The quantitative estimate of drug-likeness (QED) is 0.578. The molecule has 20 heavy (non-hydrogen) atoms. The number of anilines is 1. The van der Waals surface area contributed by atoms with Gasteiger partial charge in [-0.05, 0) is 41.1 Å². The Kier molecular flexibility index (Phi) is 7.21. The van der Waals surface area contributed by atoms with E-state index in [-0.39, 0.29) is 12.5 Å². The maximum Gasteiger partial charge on any atom is 0.338 e. The summed E-state index contributed by atoms with van der Waals surface area (Å²) in [5.74, 6) is -0.694. The number of hydrogen-bond acceptors (Lipinski definition) is 5. The molecule has 0 aromatic heterocycles. The van der Waals surface area contributed by atoms with Crippen LogP contribution in [0, 0.1) is 0 Å². The van der Waals surface area contributed by atoms with Crippen molar-refractivity contribution in [1.29, 1.82) is 0 Å². The number of nitrogens with two attached hydrogens (primary N) is 1. The molecule has 0 aliphatic rings. The molecule has 3 N–H and O–H groups in total. The number of halogens is 1. The average molecular weight is 345 g/mol. The molecule has 0 saturated heterocycles. The standard InChI is InChI=1S/C13H17BrN2O4/c1-2-20-13(18)9-3-4-11(10(14)7-9)16-12(17)8-19-6-5-15/h3-4,7H,2,5-6,8,15H2,1H3,(H,16,17). The molecule has 0 heterocycles. The summed E-state index contributed by atoms with van der Waals surface area (Å²) in [5, 5.41) is 2.66. The van der Waals surface area contributed by atoms with E-state index < -0.39 is 5.97 Å². The Morgan fingerprint density at radius 1 is 1.40 bits per heavy atom. The van der Waals surface area contributed by atoms with Crippen molar-refractivity contribution in [2.45, 2.75) is 6.92 Å². The largest absolute Gasteiger partial charge is 0.462 e. The second-order valence-corrected chi connectivity index (χ2v) is 4.66. The van der Waals surface area contributed by atoms with Crippen molar-refractivity contribution in [3.05, 3.63) is 28.2 Å². The molecule has 0 aliphatic heterocycles. The van der Waals surface area contributed by atoms with Gasteiger partial charge in [0.1, 0.15) is 6.61 Å². The summed E-state index contributed by atoms with van der Waals surface area (Å²) in [5.41, 5.74) is 6.22. The first kappa shape index (κ1) is 16.6. The summed E-state index contributed by atoms with van der Waals surface area (Å²) < 4.78 is 10.5. The summed E-state index contributed by atoms with van der Waals surface area (Å²) in [6.45, 7) is 2.68. The van der Waals surface area contributed by atoms with Crippen molar-refractivity contribution in [2.24, 2.45) is 5.73 Å². The number of nitrogens with one attached hydrogen (secondary N) is 1. The van der Waals surface area contributed by atoms with E-state index in [2.05, 4.69) is 21.2 Å². The number of ether oxygens (including phenoxy) is 2. The number of hydrogen-bond donors (Lipinski definition) is 2. The lowest BCUT2D eigenvalue weighted by Gasteiger charge is -2.09. The van der Waals surface area contributed by atoms with Crippen molar-refractivity contribution < 1.29 is 19.1 Å². The fourth-order valence-electron chi connectivity index (χ4n) is 1.39. The van der Waals surface area contributed by atoms with Crippen LogP contribution in [0.25, 0.3) is 0 Å². The second kappa shape index (κ2) is 8.68. The molecule has 110 valence electrons. The highest BCUT2D eigenvalue weighted by molar-refractivity contribution is 9.10. The number of esters is 1. The van der Waals surface area contributed by atoms with E-state index in [1.807, 2.05) is 0 Å². The molecule has 0 spiro atoms. The molecule has 1 amide bonds. The van der Waals surface area contributed by atoms with Gasteiger partial charge in [0, 0.05) is 11.0 Å². The van der Waals surface area contributed by atoms with Crippen LogP contribution in [-0.2, 0) is 14.3 Å². The first-order valence-electron chi connectivity index (χ1n) is 6.12. The summed E-state index contributed by atoms with van der Waals surface area (Å²) in [6, 6.07) is 4.80. The van der Waals surface area contributed by atoms with Gasteiger partial charge in [-0.25, -0.2) is 4.79 Å². The molecular weight excluding hydrogens is 328 g/mol. The minimum atomic E-state index is -0.405. The highest BCUT2D eigenvalue weighted by Crippen LogP contribution is 2.24. The molecule has 6 nitrogen and oxygen atoms in total. The molecule has 0 unspecified atom stereocenters. The van der Waals surface area contributed by atoms with Crippen LogP contribution in [0.15, 0.2) is 22.7 Å². The Balaban J connectivity index is 2.64. The third kappa shape index (κ3) is 5.28. The van der Waals surface area contributed by atoms with E-state index in [1.165, 1.54) is 0 Å². The highest BCUT2D eigenvalue weighted by atomic mass is 79.9. The van der Waals surface area contributed by atoms with Crippen LogP contribution >= 0.6 is 15.9 Å². The molecule has 1 aromatic carbocycles. The maximum absolute atomic E-state index is 11.6. The highest BCUT2D eigenvalue weighted by Gasteiger charge is 2.11. The number of amides is 1. The topological polar surface area (TPSA) is 90.6 Å². The zero-order valence-corrected chi connectivity index (χ0v) is 12.7. The fraction of sp³-hybridized carbons (Fsp3) is 0.385. The minimum absolute atomic E-state index is 0.0662. The van der Waals surface area contributed by atoms with Crippen LogP contribution in [-0.4, -0.2) is 38.2 Å². The van der Waals surface area contributed by atoms with Gasteiger partial charge >= 0.3 is 5.97 Å². The lowest BCUT2D eigenvalue weighted by molar-refractivity contribution is -0.120. The third-order valence-corrected chi connectivity index (χ3v) is 2.91. The van der Waals surface area contributed by atoms with E-state index in [9.17, 15) is 9.59 Å². The van der Waals surface area contributed by atoms with Gasteiger partial charge in [-0.1, -0.05) is 0 Å². The lowest BCUT2D eigenvalue weighted by Crippen LogP contribution is -2.21. The van der Waals surface area contributed by atoms with Crippen molar-refractivity contribution in [3.63, 3.8) is 0 Å². The van der Waals surface area contributed by atoms with Crippen LogP contribution in [0.1, 0.15) is 17.3 Å². The number of rotatable bonds is 7. The van der Waals surface area contributed by atoms with Gasteiger partial charge in [-0.3, -0.25) is 4.79 Å². The van der Waals surface area contributed by atoms with Crippen molar-refractivity contribution >= 4 is 33.5 Å². The van der Waals surface area contributed by atoms with Gasteiger partial charge in [0.15, 0.2) is 0 Å². The molecule has 0 saturated carbocycles. The Bertz CT molecular complexity index is 479. The predicted molar refractivity (Wildman–Crippen MR) is 78.6 cm³/mol. The van der Waals surface area contributed by atoms with Gasteiger partial charge in [0.25, 0.3) is 0 Å². The fourth-order valence-corrected chi connectivity index (χ4v) is 1.87. The second-order valence-electron chi connectivity index (χ2n) is 3.80. The average Bonchev–Trinajstić information content (AvgIpc) is 2.41. The summed E-state index contributed by atoms with van der Waals surface area (Å²) >= 11 is 3.29. The molecule has 0 bridgehead atoms. The molecule has 0 aliphatic carbocycles. The van der Waals surface area contributed by atoms with E-state index in [4.69, 9.17) is 15.2 Å². The third-order valence-electron chi connectivity index (χ3n) is 2.25. The van der Waals surface area contributed by atoms with Gasteiger partial charge in [0.2, 0.25) is 5.91 Å². The van der Waals surface area contributed by atoms with E-state index >= 15 is 0 Å². The Morgan fingerprint density at radius 3 is 2.75 bits per heavy atom. The van der Waals surface area contributed by atoms with Gasteiger partial charge in [-0.2, -0.15) is 0 Å². The van der Waals surface area contributed by atoms with E-state index in [1.54, 1.807) is 25.1 Å². The number of benzene rings is 1. The molecule has 0 atom stereocenters. The van der Waals surface area contributed by atoms with Gasteiger partial charge in [-0.15, -0.1) is 0 Å². The molecule has 0 radical (unpaired) electrons. The Morgan fingerprint density at radius 2 is 2.15 bits per heavy atom. The lowest BCUT2D eigenvalue weighted by atomic mass is 10.2. The zero-order valence-electron chi connectivity index (χ0n) is 11.1. The first-order chi connectivity index (χ1) is 9.58. The Hall–Kier alpha value is -1.44. The number of carbonyl (C=O) groups excluding carboxylic acids is 2. The van der Waals surface area contributed by atoms with E-state index in [0.29, 0.717) is 35.5 Å². The minimum Gasteiger partial charge on any atom is -0.462 e. The van der Waals surface area contributed by atoms with Gasteiger partial charge < -0.3 is 20.5 Å².